The molecular weight excluding hydrogens is 238 g/mol. The monoisotopic (exact) mass is 245 g/mol. The van der Waals surface area contributed by atoms with Crippen molar-refractivity contribution in [3.8, 4) is 5.75 Å². The number of aromatic hydroxyl groups is 1. The third-order valence-corrected chi connectivity index (χ3v) is 2.16. The normalized spacial score (nSPS) is 9.88. The van der Waals surface area contributed by atoms with Gasteiger partial charge in [-0.3, -0.25) is 15.0 Å². The van der Waals surface area contributed by atoms with E-state index in [1.54, 1.807) is 0 Å². The van der Waals surface area contributed by atoms with Gasteiger partial charge in [0.25, 0.3) is 5.91 Å². The highest BCUT2D eigenvalue weighted by Crippen LogP contribution is 2.18. The second kappa shape index (κ2) is 4.23. The van der Waals surface area contributed by atoms with Gasteiger partial charge in [0, 0.05) is 13.1 Å². The van der Waals surface area contributed by atoms with Crippen LogP contribution >= 0.6 is 11.6 Å². The van der Waals surface area contributed by atoms with E-state index in [0.717, 1.165) is 6.07 Å². The standard InChI is InChI=1S/C8H8ClN3O4/c1-11-8(15)5(10)3-2-4(13)6(14)7(9)12(3)16/h2,10,14,16H,1H3,(H,11,15). The zero-order chi connectivity index (χ0) is 12.5. The third-order valence-electron chi connectivity index (χ3n) is 1.82. The molecule has 0 bridgehead atoms. The molecule has 1 aromatic rings. The Morgan fingerprint density at radius 1 is 1.62 bits per heavy atom. The lowest BCUT2D eigenvalue weighted by atomic mass is 10.2. The molecule has 7 nitrogen and oxygen atoms in total. The Morgan fingerprint density at radius 3 is 2.69 bits per heavy atom. The first-order chi connectivity index (χ1) is 7.40. The van der Waals surface area contributed by atoms with Gasteiger partial charge in [0.15, 0.2) is 5.15 Å². The van der Waals surface area contributed by atoms with E-state index >= 15 is 0 Å². The summed E-state index contributed by atoms with van der Waals surface area (Å²) in [5, 5.41) is 27.3. The van der Waals surface area contributed by atoms with Gasteiger partial charge in [-0.05, 0) is 0 Å². The van der Waals surface area contributed by atoms with Crippen LogP contribution in [0.5, 0.6) is 5.75 Å². The van der Waals surface area contributed by atoms with Crippen molar-refractivity contribution >= 4 is 23.2 Å². The molecule has 0 spiro atoms. The van der Waals surface area contributed by atoms with Gasteiger partial charge in [-0.2, -0.15) is 4.73 Å². The van der Waals surface area contributed by atoms with E-state index in [2.05, 4.69) is 5.32 Å². The first kappa shape index (κ1) is 12.1. The van der Waals surface area contributed by atoms with Gasteiger partial charge in [0.1, 0.15) is 11.4 Å². The number of carbonyl (C=O) groups excluding carboxylic acids is 1. The lowest BCUT2D eigenvalue weighted by Crippen LogP contribution is -2.31. The minimum atomic E-state index is -0.890. The minimum Gasteiger partial charge on any atom is -0.502 e. The fraction of sp³-hybridized carbons (Fsp3) is 0.125. The Labute approximate surface area is 94.4 Å². The maximum Gasteiger partial charge on any atom is 0.271 e. The van der Waals surface area contributed by atoms with Crippen molar-refractivity contribution in [3.63, 3.8) is 0 Å². The quantitative estimate of drug-likeness (QED) is 0.321. The Bertz CT molecular complexity index is 523. The van der Waals surface area contributed by atoms with Crippen molar-refractivity contribution < 1.29 is 15.1 Å². The number of hydrogen-bond donors (Lipinski definition) is 4. The second-order valence-electron chi connectivity index (χ2n) is 2.80. The predicted octanol–water partition coefficient (Wildman–Crippen LogP) is -0.442. The van der Waals surface area contributed by atoms with E-state index in [-0.39, 0.29) is 4.73 Å². The number of amides is 1. The molecule has 0 aromatic carbocycles. The number of pyridine rings is 1. The fourth-order valence-electron chi connectivity index (χ4n) is 0.981. The van der Waals surface area contributed by atoms with E-state index in [9.17, 15) is 14.8 Å². The Kier molecular flexibility index (Phi) is 3.19. The van der Waals surface area contributed by atoms with Crippen molar-refractivity contribution in [1.29, 1.82) is 5.41 Å². The summed E-state index contributed by atoms with van der Waals surface area (Å²) in [7, 11) is 1.29. The lowest BCUT2D eigenvalue weighted by Gasteiger charge is -2.09. The number of carbonyl (C=O) groups is 1. The summed E-state index contributed by atoms with van der Waals surface area (Å²) in [4.78, 5) is 22.2. The predicted molar refractivity (Wildman–Crippen MR) is 55.5 cm³/mol. The summed E-state index contributed by atoms with van der Waals surface area (Å²) in [5.41, 5.74) is -1.95. The smallest absolute Gasteiger partial charge is 0.271 e. The van der Waals surface area contributed by atoms with E-state index in [1.807, 2.05) is 0 Å². The summed E-state index contributed by atoms with van der Waals surface area (Å²) >= 11 is 5.41. The highest BCUT2D eigenvalue weighted by molar-refractivity contribution is 6.43. The average molecular weight is 246 g/mol. The molecule has 0 aliphatic carbocycles. The van der Waals surface area contributed by atoms with Crippen LogP contribution in [-0.2, 0) is 4.79 Å². The number of nitrogens with one attached hydrogen (secondary N) is 2. The summed E-state index contributed by atoms with van der Waals surface area (Å²) in [6.45, 7) is 0. The molecule has 1 rings (SSSR count). The number of nitrogens with zero attached hydrogens (tertiary/aromatic N) is 1. The molecule has 0 atom stereocenters. The van der Waals surface area contributed by atoms with Crippen LogP contribution in [0.1, 0.15) is 5.69 Å². The van der Waals surface area contributed by atoms with Crippen molar-refractivity contribution in [2.45, 2.75) is 0 Å². The lowest BCUT2D eigenvalue weighted by molar-refractivity contribution is -0.114. The van der Waals surface area contributed by atoms with Crippen molar-refractivity contribution in [2.75, 3.05) is 7.05 Å². The SMILES string of the molecule is CNC(=O)C(=N)c1cc(=O)c(O)c(Cl)n1O. The number of aromatic nitrogens is 1. The van der Waals surface area contributed by atoms with Gasteiger partial charge in [0.2, 0.25) is 11.2 Å². The van der Waals surface area contributed by atoms with E-state index in [1.165, 1.54) is 7.05 Å². The highest BCUT2D eigenvalue weighted by atomic mass is 35.5. The molecule has 1 aromatic heterocycles. The van der Waals surface area contributed by atoms with Gasteiger partial charge in [-0.1, -0.05) is 11.6 Å². The summed E-state index contributed by atoms with van der Waals surface area (Å²) in [5.74, 6) is -1.65. The molecule has 16 heavy (non-hydrogen) atoms. The molecular formula is C8H8ClN3O4. The van der Waals surface area contributed by atoms with Crippen LogP contribution in [-0.4, -0.2) is 33.7 Å². The highest BCUT2D eigenvalue weighted by Gasteiger charge is 2.19. The number of likely N-dealkylation sites (N-methyl/N-ethyl adjacent to an activating group) is 1. The van der Waals surface area contributed by atoms with E-state index < -0.39 is 33.6 Å². The van der Waals surface area contributed by atoms with Crippen molar-refractivity contribution in [2.24, 2.45) is 0 Å². The molecule has 0 fully saturated rings. The molecule has 0 aliphatic rings. The first-order valence-corrected chi connectivity index (χ1v) is 4.42. The molecule has 0 unspecified atom stereocenters. The first-order valence-electron chi connectivity index (χ1n) is 4.05. The fourth-order valence-corrected chi connectivity index (χ4v) is 1.16. The number of hydrogen-bond acceptors (Lipinski definition) is 5. The van der Waals surface area contributed by atoms with Crippen LogP contribution in [0, 0.1) is 5.41 Å². The zero-order valence-corrected chi connectivity index (χ0v) is 8.87. The number of rotatable bonds is 2. The maximum absolute atomic E-state index is 11.1. The van der Waals surface area contributed by atoms with Crippen LogP contribution < -0.4 is 10.7 Å². The summed E-state index contributed by atoms with van der Waals surface area (Å²) < 4.78 is 0.190. The van der Waals surface area contributed by atoms with Gasteiger partial charge < -0.3 is 15.6 Å². The molecule has 0 radical (unpaired) electrons. The molecule has 0 aliphatic heterocycles. The molecule has 1 amide bonds. The molecule has 0 saturated carbocycles. The van der Waals surface area contributed by atoms with Crippen LogP contribution in [0.2, 0.25) is 5.15 Å². The molecule has 86 valence electrons. The van der Waals surface area contributed by atoms with Crippen LogP contribution in [0.15, 0.2) is 10.9 Å². The largest absolute Gasteiger partial charge is 0.502 e. The Hall–Kier alpha value is -2.02. The third kappa shape index (κ3) is 1.84. The molecule has 1 heterocycles. The second-order valence-corrected chi connectivity index (χ2v) is 3.16. The van der Waals surface area contributed by atoms with Gasteiger partial charge in [-0.25, -0.2) is 0 Å². The van der Waals surface area contributed by atoms with E-state index in [4.69, 9.17) is 22.1 Å². The number of halogens is 1. The molecule has 4 N–H and O–H groups in total. The van der Waals surface area contributed by atoms with Crippen molar-refractivity contribution in [1.82, 2.24) is 10.0 Å². The summed E-state index contributed by atoms with van der Waals surface area (Å²) in [6.07, 6.45) is 0. The minimum absolute atomic E-state index is 0.190. The van der Waals surface area contributed by atoms with Gasteiger partial charge in [0.05, 0.1) is 0 Å². The van der Waals surface area contributed by atoms with Crippen LogP contribution in [0.4, 0.5) is 0 Å². The molecule has 0 saturated heterocycles. The van der Waals surface area contributed by atoms with Crippen LogP contribution in [0.3, 0.4) is 0 Å². The van der Waals surface area contributed by atoms with Gasteiger partial charge >= 0.3 is 0 Å². The average Bonchev–Trinajstić information content (AvgIpc) is 2.29. The zero-order valence-electron chi connectivity index (χ0n) is 8.11. The van der Waals surface area contributed by atoms with Gasteiger partial charge in [-0.15, -0.1) is 0 Å². The van der Waals surface area contributed by atoms with E-state index in [0.29, 0.717) is 0 Å². The van der Waals surface area contributed by atoms with Crippen molar-refractivity contribution in [3.05, 3.63) is 27.1 Å². The topological polar surface area (TPSA) is 115 Å². The maximum atomic E-state index is 11.1. The Balaban J connectivity index is 3.42. The summed E-state index contributed by atoms with van der Waals surface area (Å²) in [6, 6.07) is 0.735. The van der Waals surface area contributed by atoms with Crippen LogP contribution in [0.25, 0.3) is 0 Å². The molecule has 8 heteroatoms. The Morgan fingerprint density at radius 2 is 2.19 bits per heavy atom.